The zero-order chi connectivity index (χ0) is 17.2. The van der Waals surface area contributed by atoms with Crippen molar-refractivity contribution in [3.63, 3.8) is 0 Å². The van der Waals surface area contributed by atoms with E-state index in [4.69, 9.17) is 0 Å². The fraction of sp³-hybridized carbons (Fsp3) is 0.381. The molecular formula is C21H23BrN2O. The average molecular weight is 399 g/mol. The quantitative estimate of drug-likeness (QED) is 0.787. The Morgan fingerprint density at radius 3 is 2.60 bits per heavy atom. The molecule has 25 heavy (non-hydrogen) atoms. The van der Waals surface area contributed by atoms with Gasteiger partial charge in [-0.3, -0.25) is 9.69 Å². The summed E-state index contributed by atoms with van der Waals surface area (Å²) in [6, 6.07) is 17.3. The van der Waals surface area contributed by atoms with Gasteiger partial charge < -0.3 is 4.90 Å². The van der Waals surface area contributed by atoms with Crippen molar-refractivity contribution in [2.45, 2.75) is 31.8 Å². The highest BCUT2D eigenvalue weighted by Crippen LogP contribution is 2.25. The topological polar surface area (TPSA) is 23.6 Å². The molecule has 1 amide bonds. The standard InChI is InChI=1S/C21H23BrN2O/c22-19-7-5-16(6-8-19)13-21(25)24-12-10-20(15-24)23-11-9-17-3-1-2-4-18(17)14-23/h1-8,20H,9-15H2/t20-/m1/s1. The monoisotopic (exact) mass is 398 g/mol. The maximum Gasteiger partial charge on any atom is 0.227 e. The van der Waals surface area contributed by atoms with E-state index >= 15 is 0 Å². The lowest BCUT2D eigenvalue weighted by atomic mass is 9.98. The molecule has 1 saturated heterocycles. The van der Waals surface area contributed by atoms with Crippen LogP contribution in [-0.2, 0) is 24.2 Å². The predicted octanol–water partition coefficient (Wildman–Crippen LogP) is 3.65. The minimum Gasteiger partial charge on any atom is -0.341 e. The highest BCUT2D eigenvalue weighted by molar-refractivity contribution is 9.10. The molecule has 3 nitrogen and oxygen atoms in total. The molecule has 130 valence electrons. The van der Waals surface area contributed by atoms with Gasteiger partial charge in [-0.2, -0.15) is 0 Å². The Bertz CT molecular complexity index is 759. The number of nitrogens with zero attached hydrogens (tertiary/aromatic N) is 2. The van der Waals surface area contributed by atoms with Crippen LogP contribution in [0.1, 0.15) is 23.1 Å². The van der Waals surface area contributed by atoms with E-state index in [9.17, 15) is 4.79 Å². The molecule has 0 saturated carbocycles. The SMILES string of the molecule is O=C(Cc1ccc(Br)cc1)N1CC[C@@H](N2CCc3ccccc3C2)C1. The normalized spacial score (nSPS) is 20.5. The number of fused-ring (bicyclic) bond motifs is 1. The smallest absolute Gasteiger partial charge is 0.227 e. The van der Waals surface area contributed by atoms with Crippen LogP contribution in [0.4, 0.5) is 0 Å². The fourth-order valence-electron chi connectivity index (χ4n) is 3.98. The number of likely N-dealkylation sites (tertiary alicyclic amines) is 1. The number of rotatable bonds is 3. The van der Waals surface area contributed by atoms with Gasteiger partial charge in [-0.15, -0.1) is 0 Å². The van der Waals surface area contributed by atoms with Crippen molar-refractivity contribution >= 4 is 21.8 Å². The van der Waals surface area contributed by atoms with E-state index in [0.29, 0.717) is 12.5 Å². The minimum absolute atomic E-state index is 0.252. The van der Waals surface area contributed by atoms with Crippen molar-refractivity contribution < 1.29 is 4.79 Å². The van der Waals surface area contributed by atoms with E-state index in [1.54, 1.807) is 0 Å². The highest BCUT2D eigenvalue weighted by atomic mass is 79.9. The first-order valence-electron chi connectivity index (χ1n) is 9.02. The Morgan fingerprint density at radius 2 is 1.80 bits per heavy atom. The maximum absolute atomic E-state index is 12.6. The molecule has 1 fully saturated rings. The molecule has 2 aliphatic heterocycles. The third-order valence-electron chi connectivity index (χ3n) is 5.46. The van der Waals surface area contributed by atoms with Crippen LogP contribution in [0, 0.1) is 0 Å². The molecule has 2 aliphatic rings. The highest BCUT2D eigenvalue weighted by Gasteiger charge is 2.31. The third kappa shape index (κ3) is 3.80. The largest absolute Gasteiger partial charge is 0.341 e. The number of halogens is 1. The van der Waals surface area contributed by atoms with Gasteiger partial charge in [0.15, 0.2) is 0 Å². The van der Waals surface area contributed by atoms with Crippen LogP contribution in [0.3, 0.4) is 0 Å². The van der Waals surface area contributed by atoms with Crippen molar-refractivity contribution in [2.75, 3.05) is 19.6 Å². The van der Waals surface area contributed by atoms with E-state index in [1.807, 2.05) is 29.2 Å². The summed E-state index contributed by atoms with van der Waals surface area (Å²) < 4.78 is 1.05. The van der Waals surface area contributed by atoms with Crippen molar-refractivity contribution in [3.05, 3.63) is 69.7 Å². The van der Waals surface area contributed by atoms with Crippen molar-refractivity contribution in [2.24, 2.45) is 0 Å². The maximum atomic E-state index is 12.6. The summed E-state index contributed by atoms with van der Waals surface area (Å²) in [6.07, 6.45) is 2.72. The first-order valence-corrected chi connectivity index (χ1v) is 9.81. The number of carbonyl (C=O) groups is 1. The summed E-state index contributed by atoms with van der Waals surface area (Å²) in [7, 11) is 0. The molecule has 0 bridgehead atoms. The van der Waals surface area contributed by atoms with Crippen molar-refractivity contribution in [3.8, 4) is 0 Å². The van der Waals surface area contributed by atoms with Gasteiger partial charge in [0.2, 0.25) is 5.91 Å². The zero-order valence-electron chi connectivity index (χ0n) is 14.3. The summed E-state index contributed by atoms with van der Waals surface area (Å²) in [4.78, 5) is 17.2. The Labute approximate surface area is 157 Å². The number of carbonyl (C=O) groups excluding carboxylic acids is 1. The van der Waals surface area contributed by atoms with Crippen LogP contribution in [-0.4, -0.2) is 41.4 Å². The van der Waals surface area contributed by atoms with Crippen LogP contribution in [0.5, 0.6) is 0 Å². The van der Waals surface area contributed by atoms with E-state index in [0.717, 1.165) is 49.1 Å². The lowest BCUT2D eigenvalue weighted by Gasteiger charge is -2.33. The van der Waals surface area contributed by atoms with Gasteiger partial charge in [-0.25, -0.2) is 0 Å². The second-order valence-electron chi connectivity index (χ2n) is 7.07. The molecule has 2 aromatic carbocycles. The lowest BCUT2D eigenvalue weighted by Crippen LogP contribution is -2.41. The number of hydrogen-bond donors (Lipinski definition) is 0. The van der Waals surface area contributed by atoms with Crippen LogP contribution < -0.4 is 0 Å². The molecule has 0 unspecified atom stereocenters. The van der Waals surface area contributed by atoms with E-state index in [-0.39, 0.29) is 5.91 Å². The molecule has 0 aliphatic carbocycles. The molecule has 0 aromatic heterocycles. The van der Waals surface area contributed by atoms with Crippen molar-refractivity contribution in [1.82, 2.24) is 9.80 Å². The zero-order valence-corrected chi connectivity index (χ0v) is 15.9. The Hall–Kier alpha value is -1.65. The van der Waals surface area contributed by atoms with Gasteiger partial charge in [-0.1, -0.05) is 52.3 Å². The molecule has 0 spiro atoms. The van der Waals surface area contributed by atoms with Gasteiger partial charge in [0.1, 0.15) is 0 Å². The van der Waals surface area contributed by atoms with Gasteiger partial charge in [0.05, 0.1) is 6.42 Å². The minimum atomic E-state index is 0.252. The molecule has 4 rings (SSSR count). The van der Waals surface area contributed by atoms with Crippen LogP contribution in [0.15, 0.2) is 53.0 Å². The second-order valence-corrected chi connectivity index (χ2v) is 7.99. The van der Waals surface area contributed by atoms with Crippen LogP contribution in [0.25, 0.3) is 0 Å². The van der Waals surface area contributed by atoms with Gasteiger partial charge in [0.25, 0.3) is 0 Å². The molecule has 4 heteroatoms. The molecule has 0 N–H and O–H groups in total. The summed E-state index contributed by atoms with van der Waals surface area (Å²) in [5.41, 5.74) is 4.02. The van der Waals surface area contributed by atoms with Gasteiger partial charge >= 0.3 is 0 Å². The summed E-state index contributed by atoms with van der Waals surface area (Å²) in [5, 5.41) is 0. The molecule has 0 radical (unpaired) electrons. The molecular weight excluding hydrogens is 376 g/mol. The Balaban J connectivity index is 1.35. The second kappa shape index (κ2) is 7.30. The van der Waals surface area contributed by atoms with Crippen LogP contribution in [0.2, 0.25) is 0 Å². The van der Waals surface area contributed by atoms with E-state index in [2.05, 4.69) is 45.1 Å². The Kier molecular flexibility index (Phi) is 4.91. The van der Waals surface area contributed by atoms with E-state index < -0.39 is 0 Å². The first kappa shape index (κ1) is 16.8. The summed E-state index contributed by atoms with van der Waals surface area (Å²) >= 11 is 3.44. The first-order chi connectivity index (χ1) is 12.2. The Morgan fingerprint density at radius 1 is 1.04 bits per heavy atom. The third-order valence-corrected chi connectivity index (χ3v) is 5.99. The summed E-state index contributed by atoms with van der Waals surface area (Å²) in [5.74, 6) is 0.252. The lowest BCUT2D eigenvalue weighted by molar-refractivity contribution is -0.129. The van der Waals surface area contributed by atoms with E-state index in [1.165, 1.54) is 11.1 Å². The van der Waals surface area contributed by atoms with Gasteiger partial charge in [-0.05, 0) is 41.7 Å². The fourth-order valence-corrected chi connectivity index (χ4v) is 4.25. The molecule has 2 heterocycles. The predicted molar refractivity (Wildman–Crippen MR) is 103 cm³/mol. The van der Waals surface area contributed by atoms with Crippen LogP contribution >= 0.6 is 15.9 Å². The van der Waals surface area contributed by atoms with Crippen molar-refractivity contribution in [1.29, 1.82) is 0 Å². The molecule has 2 aromatic rings. The van der Waals surface area contributed by atoms with Gasteiger partial charge in [0, 0.05) is 36.7 Å². The average Bonchev–Trinajstić information content (AvgIpc) is 3.13. The number of hydrogen-bond acceptors (Lipinski definition) is 2. The molecule has 1 atom stereocenters. The number of benzene rings is 2. The number of amides is 1. The summed E-state index contributed by atoms with van der Waals surface area (Å²) in [6.45, 7) is 3.89.